The molecule has 0 amide bonds. The second-order valence-electron chi connectivity index (χ2n) is 2.16. The van der Waals surface area contributed by atoms with E-state index in [4.69, 9.17) is 11.3 Å². The molecule has 0 fully saturated rings. The van der Waals surface area contributed by atoms with E-state index < -0.39 is 0 Å². The van der Waals surface area contributed by atoms with E-state index in [1.54, 1.807) is 18.3 Å². The van der Waals surface area contributed by atoms with E-state index >= 15 is 0 Å². The fourth-order valence-electron chi connectivity index (χ4n) is 0.826. The molecule has 0 spiro atoms. The molecule has 0 saturated heterocycles. The van der Waals surface area contributed by atoms with Crippen molar-refractivity contribution in [1.29, 1.82) is 5.41 Å². The summed E-state index contributed by atoms with van der Waals surface area (Å²) in [6, 6.07) is 3.57. The largest absolute Gasteiger partial charge is 0.308 e. The second kappa shape index (κ2) is 3.12. The third-order valence-electron chi connectivity index (χ3n) is 1.42. The molecule has 0 radical (unpaired) electrons. The molecular formula is C7H10N4. The van der Waals surface area contributed by atoms with Gasteiger partial charge in [-0.1, -0.05) is 0 Å². The average Bonchev–Trinajstić information content (AvgIpc) is 2.04. The molecule has 4 N–H and O–H groups in total. The first-order valence-electron chi connectivity index (χ1n) is 3.23. The van der Waals surface area contributed by atoms with Gasteiger partial charge in [0.2, 0.25) is 0 Å². The first-order chi connectivity index (χ1) is 5.25. The highest BCUT2D eigenvalue weighted by atomic mass is 15.2. The maximum Gasteiger partial charge on any atom is 0.141 e. The summed E-state index contributed by atoms with van der Waals surface area (Å²) in [4.78, 5) is 4.01. The van der Waals surface area contributed by atoms with E-state index in [1.165, 1.54) is 0 Å². The molecule has 0 aliphatic heterocycles. The van der Waals surface area contributed by atoms with Crippen LogP contribution in [-0.4, -0.2) is 10.8 Å². The highest BCUT2D eigenvalue weighted by molar-refractivity contribution is 5.96. The van der Waals surface area contributed by atoms with E-state index in [2.05, 4.69) is 10.4 Å². The first kappa shape index (κ1) is 7.68. The van der Waals surface area contributed by atoms with E-state index in [1.807, 2.05) is 6.92 Å². The molecule has 0 aliphatic carbocycles. The molecule has 0 aliphatic rings. The number of nitrogens with zero attached hydrogens (tertiary/aromatic N) is 1. The summed E-state index contributed by atoms with van der Waals surface area (Å²) in [5.41, 5.74) is 3.80. The van der Waals surface area contributed by atoms with Crippen molar-refractivity contribution in [3.8, 4) is 0 Å². The summed E-state index contributed by atoms with van der Waals surface area (Å²) in [5.74, 6) is 5.26. The Labute approximate surface area is 64.9 Å². The van der Waals surface area contributed by atoms with E-state index in [0.29, 0.717) is 0 Å². The van der Waals surface area contributed by atoms with Crippen LogP contribution in [0.25, 0.3) is 0 Å². The van der Waals surface area contributed by atoms with Gasteiger partial charge in [0, 0.05) is 17.5 Å². The lowest BCUT2D eigenvalue weighted by atomic mass is 10.2. The summed E-state index contributed by atoms with van der Waals surface area (Å²) >= 11 is 0. The highest BCUT2D eigenvalue weighted by Gasteiger charge is 2.01. The lowest BCUT2D eigenvalue weighted by Gasteiger charge is -2.03. The zero-order valence-electron chi connectivity index (χ0n) is 6.26. The van der Waals surface area contributed by atoms with Crippen LogP contribution in [0.4, 0.5) is 0 Å². The van der Waals surface area contributed by atoms with E-state index in [-0.39, 0.29) is 5.84 Å². The van der Waals surface area contributed by atoms with Gasteiger partial charge in [0.15, 0.2) is 0 Å². The molecule has 0 unspecified atom stereocenters. The van der Waals surface area contributed by atoms with Gasteiger partial charge in [-0.2, -0.15) is 0 Å². The molecule has 1 aromatic rings. The standard InChI is InChI=1S/C7H10N4/c1-5-6(7(8)11-9)3-2-4-10-5/h2-4H,9H2,1H3,(H2,8,11). The second-order valence-corrected chi connectivity index (χ2v) is 2.16. The monoisotopic (exact) mass is 150 g/mol. The Hall–Kier alpha value is -1.42. The van der Waals surface area contributed by atoms with Crippen LogP contribution in [0.1, 0.15) is 11.3 Å². The van der Waals surface area contributed by atoms with Gasteiger partial charge in [0.05, 0.1) is 0 Å². The van der Waals surface area contributed by atoms with Crippen LogP contribution in [0.15, 0.2) is 18.3 Å². The minimum absolute atomic E-state index is 0.190. The summed E-state index contributed by atoms with van der Waals surface area (Å²) in [7, 11) is 0. The molecule has 4 heteroatoms. The molecule has 0 aromatic carbocycles. The molecule has 1 heterocycles. The Morgan fingerprint density at radius 1 is 1.73 bits per heavy atom. The Bertz CT molecular complexity index is 269. The molecule has 0 saturated carbocycles. The third kappa shape index (κ3) is 1.53. The van der Waals surface area contributed by atoms with Gasteiger partial charge in [0.1, 0.15) is 5.84 Å². The van der Waals surface area contributed by atoms with Gasteiger partial charge < -0.3 is 5.43 Å². The molecule has 0 bridgehead atoms. The Morgan fingerprint density at radius 2 is 2.45 bits per heavy atom. The van der Waals surface area contributed by atoms with Gasteiger partial charge in [0.25, 0.3) is 0 Å². The van der Waals surface area contributed by atoms with Gasteiger partial charge in [-0.3, -0.25) is 10.4 Å². The molecule has 4 nitrogen and oxygen atoms in total. The lowest BCUT2D eigenvalue weighted by Crippen LogP contribution is -2.30. The number of aromatic nitrogens is 1. The van der Waals surface area contributed by atoms with Crippen molar-refractivity contribution in [3.05, 3.63) is 29.6 Å². The van der Waals surface area contributed by atoms with Crippen LogP contribution in [0.2, 0.25) is 0 Å². The highest BCUT2D eigenvalue weighted by Crippen LogP contribution is 2.01. The first-order valence-corrected chi connectivity index (χ1v) is 3.23. The Kier molecular flexibility index (Phi) is 2.18. The molecule has 1 aromatic heterocycles. The smallest absolute Gasteiger partial charge is 0.141 e. The zero-order chi connectivity index (χ0) is 8.27. The number of pyridine rings is 1. The van der Waals surface area contributed by atoms with Crippen LogP contribution in [0.5, 0.6) is 0 Å². The predicted molar refractivity (Wildman–Crippen MR) is 43.1 cm³/mol. The van der Waals surface area contributed by atoms with Crippen LogP contribution in [0, 0.1) is 12.3 Å². The lowest BCUT2D eigenvalue weighted by molar-refractivity contribution is 1.00. The van der Waals surface area contributed by atoms with E-state index in [0.717, 1.165) is 11.3 Å². The average molecular weight is 150 g/mol. The molecule has 58 valence electrons. The topological polar surface area (TPSA) is 74.8 Å². The van der Waals surface area contributed by atoms with Gasteiger partial charge in [-0.05, 0) is 19.1 Å². The summed E-state index contributed by atoms with van der Waals surface area (Å²) in [6.07, 6.45) is 1.68. The number of amidine groups is 1. The van der Waals surface area contributed by atoms with Crippen LogP contribution < -0.4 is 11.3 Å². The van der Waals surface area contributed by atoms with Crippen LogP contribution in [0.3, 0.4) is 0 Å². The minimum Gasteiger partial charge on any atom is -0.308 e. The number of hydrogen-bond acceptors (Lipinski definition) is 3. The summed E-state index contributed by atoms with van der Waals surface area (Å²) < 4.78 is 0. The molecule has 11 heavy (non-hydrogen) atoms. The Morgan fingerprint density at radius 3 is 3.00 bits per heavy atom. The maximum atomic E-state index is 7.34. The molecule has 1 rings (SSSR count). The number of hydrazine groups is 1. The summed E-state index contributed by atoms with van der Waals surface area (Å²) in [5, 5.41) is 7.34. The van der Waals surface area contributed by atoms with Crippen molar-refractivity contribution >= 4 is 5.84 Å². The third-order valence-corrected chi connectivity index (χ3v) is 1.42. The number of nitrogens with one attached hydrogen (secondary N) is 2. The fourth-order valence-corrected chi connectivity index (χ4v) is 0.826. The van der Waals surface area contributed by atoms with Crippen molar-refractivity contribution in [2.75, 3.05) is 0 Å². The van der Waals surface area contributed by atoms with Crippen molar-refractivity contribution < 1.29 is 0 Å². The van der Waals surface area contributed by atoms with Crippen LogP contribution in [-0.2, 0) is 0 Å². The van der Waals surface area contributed by atoms with E-state index in [9.17, 15) is 0 Å². The van der Waals surface area contributed by atoms with Crippen molar-refractivity contribution in [2.45, 2.75) is 6.92 Å². The van der Waals surface area contributed by atoms with Gasteiger partial charge >= 0.3 is 0 Å². The number of rotatable bonds is 1. The van der Waals surface area contributed by atoms with Crippen molar-refractivity contribution in [3.63, 3.8) is 0 Å². The van der Waals surface area contributed by atoms with Crippen molar-refractivity contribution in [1.82, 2.24) is 10.4 Å². The quantitative estimate of drug-likeness (QED) is 0.231. The SMILES string of the molecule is Cc1ncccc1C(=N)NN. The predicted octanol–water partition coefficient (Wildman–Crippen LogP) is 0.179. The minimum atomic E-state index is 0.190. The number of nitrogens with two attached hydrogens (primary N) is 1. The number of aryl methyl sites for hydroxylation is 1. The summed E-state index contributed by atoms with van der Waals surface area (Å²) in [6.45, 7) is 1.83. The molecular weight excluding hydrogens is 140 g/mol. The van der Waals surface area contributed by atoms with Gasteiger partial charge in [-0.25, -0.2) is 5.84 Å². The zero-order valence-corrected chi connectivity index (χ0v) is 6.26. The van der Waals surface area contributed by atoms with Gasteiger partial charge in [-0.15, -0.1) is 0 Å². The fraction of sp³-hybridized carbons (Fsp3) is 0.143. The Balaban J connectivity index is 3.03. The number of hydrogen-bond donors (Lipinski definition) is 3. The molecule has 0 atom stereocenters. The van der Waals surface area contributed by atoms with Crippen LogP contribution >= 0.6 is 0 Å². The maximum absolute atomic E-state index is 7.34. The van der Waals surface area contributed by atoms with Crippen molar-refractivity contribution in [2.24, 2.45) is 5.84 Å². The normalized spacial score (nSPS) is 9.27.